The number of hydrogen-bond donors (Lipinski definition) is 1. The molecule has 0 aliphatic carbocycles. The molecule has 2 N–H and O–H groups in total. The van der Waals surface area contributed by atoms with E-state index in [1.54, 1.807) is 12.1 Å². The fraction of sp³-hybridized carbons (Fsp3) is 0.471. The smallest absolute Gasteiger partial charge is 0.246 e. The lowest BCUT2D eigenvalue weighted by Crippen LogP contribution is -2.44. The summed E-state index contributed by atoms with van der Waals surface area (Å²) in [5, 5.41) is 0. The molecule has 4 heteroatoms. The van der Waals surface area contributed by atoms with E-state index in [1.165, 1.54) is 12.1 Å². The Kier molecular flexibility index (Phi) is 5.12. The second-order valence-electron chi connectivity index (χ2n) is 5.88. The molecule has 0 bridgehead atoms. The Morgan fingerprint density at radius 1 is 1.52 bits per heavy atom. The van der Waals surface area contributed by atoms with Gasteiger partial charge in [0.25, 0.3) is 0 Å². The Morgan fingerprint density at radius 2 is 2.29 bits per heavy atom. The number of carbonyl (C=O) groups is 1. The van der Waals surface area contributed by atoms with Gasteiger partial charge in [0.05, 0.1) is 0 Å². The van der Waals surface area contributed by atoms with Gasteiger partial charge in [-0.2, -0.15) is 0 Å². The van der Waals surface area contributed by atoms with E-state index in [1.807, 2.05) is 24.8 Å². The minimum atomic E-state index is -0.289. The molecule has 1 amide bonds. The lowest BCUT2D eigenvalue weighted by atomic mass is 9.92. The maximum absolute atomic E-state index is 13.2. The number of allylic oxidation sites excluding steroid dienone is 1. The van der Waals surface area contributed by atoms with Gasteiger partial charge in [-0.05, 0) is 55.9 Å². The summed E-state index contributed by atoms with van der Waals surface area (Å²) in [6, 6.07) is 6.41. The van der Waals surface area contributed by atoms with Crippen molar-refractivity contribution in [2.45, 2.75) is 32.7 Å². The van der Waals surface area contributed by atoms with Gasteiger partial charge >= 0.3 is 0 Å². The third-order valence-electron chi connectivity index (χ3n) is 4.13. The Morgan fingerprint density at radius 3 is 2.95 bits per heavy atom. The molecule has 1 fully saturated rings. The molecular formula is C17H23FN2O. The molecule has 1 aliphatic rings. The number of piperidine rings is 1. The highest BCUT2D eigenvalue weighted by molar-refractivity contribution is 5.94. The summed E-state index contributed by atoms with van der Waals surface area (Å²) in [5.41, 5.74) is 7.46. The zero-order valence-corrected chi connectivity index (χ0v) is 12.7. The summed E-state index contributed by atoms with van der Waals surface area (Å²) in [6.07, 6.45) is 3.66. The monoisotopic (exact) mass is 290 g/mol. The summed E-state index contributed by atoms with van der Waals surface area (Å²) >= 11 is 0. The van der Waals surface area contributed by atoms with Gasteiger partial charge in [-0.15, -0.1) is 0 Å². The molecule has 0 spiro atoms. The van der Waals surface area contributed by atoms with Crippen LogP contribution in [0.25, 0.3) is 5.57 Å². The molecule has 114 valence electrons. The SMILES string of the molecule is C/C(=C/C(=O)N1CCCC(C(C)N)C1)c1cccc(F)c1. The van der Waals surface area contributed by atoms with Crippen molar-refractivity contribution in [1.82, 2.24) is 4.90 Å². The summed E-state index contributed by atoms with van der Waals surface area (Å²) in [7, 11) is 0. The highest BCUT2D eigenvalue weighted by atomic mass is 19.1. The summed E-state index contributed by atoms with van der Waals surface area (Å²) in [5.74, 6) is 0.0652. The number of hydrogen-bond acceptors (Lipinski definition) is 2. The molecule has 0 saturated carbocycles. The zero-order valence-electron chi connectivity index (χ0n) is 12.7. The van der Waals surface area contributed by atoms with E-state index < -0.39 is 0 Å². The van der Waals surface area contributed by atoms with E-state index in [-0.39, 0.29) is 17.8 Å². The zero-order chi connectivity index (χ0) is 15.4. The minimum absolute atomic E-state index is 0.0119. The first-order chi connectivity index (χ1) is 9.97. The Hall–Kier alpha value is -1.68. The number of likely N-dealkylation sites (tertiary alicyclic amines) is 1. The fourth-order valence-electron chi connectivity index (χ4n) is 2.73. The Balaban J connectivity index is 2.07. The van der Waals surface area contributed by atoms with E-state index in [0.29, 0.717) is 12.5 Å². The third kappa shape index (κ3) is 4.14. The second-order valence-corrected chi connectivity index (χ2v) is 5.88. The van der Waals surface area contributed by atoms with Crippen molar-refractivity contribution < 1.29 is 9.18 Å². The second kappa shape index (κ2) is 6.85. The van der Waals surface area contributed by atoms with Crippen LogP contribution in [0.2, 0.25) is 0 Å². The first-order valence-electron chi connectivity index (χ1n) is 7.46. The van der Waals surface area contributed by atoms with Crippen molar-refractivity contribution in [1.29, 1.82) is 0 Å². The van der Waals surface area contributed by atoms with Crippen LogP contribution in [0.4, 0.5) is 4.39 Å². The summed E-state index contributed by atoms with van der Waals surface area (Å²) in [6.45, 7) is 5.31. The number of nitrogens with two attached hydrogens (primary N) is 1. The number of carbonyl (C=O) groups excluding carboxylic acids is 1. The number of benzene rings is 1. The maximum atomic E-state index is 13.2. The van der Waals surface area contributed by atoms with Crippen LogP contribution in [0.5, 0.6) is 0 Å². The molecule has 21 heavy (non-hydrogen) atoms. The Labute approximate surface area is 125 Å². The molecular weight excluding hydrogens is 267 g/mol. The van der Waals surface area contributed by atoms with Crippen molar-refractivity contribution in [2.24, 2.45) is 11.7 Å². The third-order valence-corrected chi connectivity index (χ3v) is 4.13. The normalized spacial score (nSPS) is 21.2. The molecule has 0 aromatic heterocycles. The molecule has 1 heterocycles. The lowest BCUT2D eigenvalue weighted by molar-refractivity contribution is -0.127. The van der Waals surface area contributed by atoms with Crippen molar-refractivity contribution in [2.75, 3.05) is 13.1 Å². The fourth-order valence-corrected chi connectivity index (χ4v) is 2.73. The number of halogens is 1. The van der Waals surface area contributed by atoms with Crippen LogP contribution >= 0.6 is 0 Å². The number of rotatable bonds is 3. The van der Waals surface area contributed by atoms with Crippen molar-refractivity contribution >= 4 is 11.5 Å². The topological polar surface area (TPSA) is 46.3 Å². The van der Waals surface area contributed by atoms with Crippen LogP contribution in [0.1, 0.15) is 32.3 Å². The maximum Gasteiger partial charge on any atom is 0.246 e. The van der Waals surface area contributed by atoms with Crippen LogP contribution in [-0.2, 0) is 4.79 Å². The predicted octanol–water partition coefficient (Wildman–Crippen LogP) is 2.81. The summed E-state index contributed by atoms with van der Waals surface area (Å²) in [4.78, 5) is 14.2. The van der Waals surface area contributed by atoms with Crippen molar-refractivity contribution in [3.8, 4) is 0 Å². The average molecular weight is 290 g/mol. The molecule has 0 radical (unpaired) electrons. The van der Waals surface area contributed by atoms with Gasteiger partial charge in [-0.1, -0.05) is 12.1 Å². The van der Waals surface area contributed by atoms with Crippen LogP contribution in [0.3, 0.4) is 0 Å². The van der Waals surface area contributed by atoms with Crippen LogP contribution in [0, 0.1) is 11.7 Å². The van der Waals surface area contributed by atoms with Gasteiger partial charge in [-0.3, -0.25) is 4.79 Å². The van der Waals surface area contributed by atoms with E-state index in [4.69, 9.17) is 5.73 Å². The first kappa shape index (κ1) is 15.7. The standard InChI is InChI=1S/C17H23FN2O/c1-12(14-5-3-7-16(18)10-14)9-17(21)20-8-4-6-15(11-20)13(2)19/h3,5,7,9-10,13,15H,4,6,8,11,19H2,1-2H3/b12-9-. The van der Waals surface area contributed by atoms with E-state index >= 15 is 0 Å². The minimum Gasteiger partial charge on any atom is -0.339 e. The van der Waals surface area contributed by atoms with Crippen molar-refractivity contribution in [3.63, 3.8) is 0 Å². The molecule has 1 aromatic rings. The summed E-state index contributed by atoms with van der Waals surface area (Å²) < 4.78 is 13.2. The Bertz CT molecular complexity index is 539. The predicted molar refractivity (Wildman–Crippen MR) is 83.0 cm³/mol. The van der Waals surface area contributed by atoms with Gasteiger partial charge in [0.1, 0.15) is 5.82 Å². The van der Waals surface area contributed by atoms with Gasteiger partial charge in [0.2, 0.25) is 5.91 Å². The van der Waals surface area contributed by atoms with Gasteiger partial charge in [0, 0.05) is 25.2 Å². The van der Waals surface area contributed by atoms with Gasteiger partial charge < -0.3 is 10.6 Å². The van der Waals surface area contributed by atoms with Crippen LogP contribution in [0.15, 0.2) is 30.3 Å². The number of nitrogens with zero attached hydrogens (tertiary/aromatic N) is 1. The molecule has 1 aliphatic heterocycles. The lowest BCUT2D eigenvalue weighted by Gasteiger charge is -2.34. The van der Waals surface area contributed by atoms with Crippen LogP contribution < -0.4 is 5.73 Å². The van der Waals surface area contributed by atoms with E-state index in [2.05, 4.69) is 0 Å². The molecule has 2 unspecified atom stereocenters. The molecule has 3 nitrogen and oxygen atoms in total. The van der Waals surface area contributed by atoms with Gasteiger partial charge in [-0.25, -0.2) is 4.39 Å². The molecule has 1 aromatic carbocycles. The highest BCUT2D eigenvalue weighted by Gasteiger charge is 2.24. The van der Waals surface area contributed by atoms with E-state index in [9.17, 15) is 9.18 Å². The first-order valence-corrected chi connectivity index (χ1v) is 7.46. The van der Waals surface area contributed by atoms with Gasteiger partial charge in [0.15, 0.2) is 0 Å². The largest absolute Gasteiger partial charge is 0.339 e. The number of amides is 1. The average Bonchev–Trinajstić information content (AvgIpc) is 2.47. The van der Waals surface area contributed by atoms with E-state index in [0.717, 1.165) is 30.5 Å². The molecule has 1 saturated heterocycles. The van der Waals surface area contributed by atoms with Crippen LogP contribution in [-0.4, -0.2) is 29.9 Å². The molecule has 2 rings (SSSR count). The quantitative estimate of drug-likeness (QED) is 0.870. The molecule has 2 atom stereocenters. The van der Waals surface area contributed by atoms with Crippen molar-refractivity contribution in [3.05, 3.63) is 41.7 Å². The highest BCUT2D eigenvalue weighted by Crippen LogP contribution is 2.20.